The molecule has 0 aliphatic carbocycles. The topological polar surface area (TPSA) is 29.5 Å². The summed E-state index contributed by atoms with van der Waals surface area (Å²) >= 11 is 0. The first-order chi connectivity index (χ1) is 5.25. The summed E-state index contributed by atoms with van der Waals surface area (Å²) in [6.45, 7) is 4.28. The van der Waals surface area contributed by atoms with Crippen molar-refractivity contribution < 1.29 is 10.1 Å². The largest absolute Gasteiger partial charge is 0.251 e. The van der Waals surface area contributed by atoms with Crippen LogP contribution in [0.2, 0.25) is 0 Å². The highest BCUT2D eigenvalue weighted by Crippen LogP contribution is 2.13. The lowest BCUT2D eigenvalue weighted by Crippen LogP contribution is -1.94. The lowest BCUT2D eigenvalue weighted by molar-refractivity contribution is -0.253. The Morgan fingerprint density at radius 1 is 1.27 bits per heavy atom. The second-order valence-electron chi connectivity index (χ2n) is 2.64. The maximum absolute atomic E-state index is 8.27. The van der Waals surface area contributed by atoms with Gasteiger partial charge >= 0.3 is 0 Å². The van der Waals surface area contributed by atoms with Gasteiger partial charge in [-0.15, -0.1) is 0 Å². The Balaban J connectivity index is 3.00. The summed E-state index contributed by atoms with van der Waals surface area (Å²) in [4.78, 5) is 4.09. The molecule has 0 amide bonds. The fourth-order valence-electron chi connectivity index (χ4n) is 1.14. The summed E-state index contributed by atoms with van der Waals surface area (Å²) in [6, 6.07) is 5.99. The number of hydrogen-bond donors (Lipinski definition) is 1. The zero-order chi connectivity index (χ0) is 8.27. The van der Waals surface area contributed by atoms with Crippen LogP contribution >= 0.6 is 0 Å². The van der Waals surface area contributed by atoms with Gasteiger partial charge in [-0.25, -0.2) is 4.89 Å². The van der Waals surface area contributed by atoms with Gasteiger partial charge in [0.15, 0.2) is 0 Å². The van der Waals surface area contributed by atoms with E-state index in [9.17, 15) is 0 Å². The standard InChI is InChI=1S/C9H12O2/c1-7-4-3-5-8(2)9(7)6-11-10/h3-5,10H,6H2,1-2H3. The molecule has 1 rings (SSSR count). The normalized spacial score (nSPS) is 10.1. The highest BCUT2D eigenvalue weighted by Gasteiger charge is 2.00. The van der Waals surface area contributed by atoms with E-state index in [-0.39, 0.29) is 6.61 Å². The molecule has 11 heavy (non-hydrogen) atoms. The molecule has 0 heterocycles. The predicted octanol–water partition coefficient (Wildman–Crippen LogP) is 2.29. The Hall–Kier alpha value is -0.860. The first-order valence-corrected chi connectivity index (χ1v) is 3.57. The Morgan fingerprint density at radius 3 is 2.27 bits per heavy atom. The van der Waals surface area contributed by atoms with Crippen LogP contribution in [0.4, 0.5) is 0 Å². The third kappa shape index (κ3) is 1.79. The van der Waals surface area contributed by atoms with Crippen molar-refractivity contribution in [3.05, 3.63) is 34.9 Å². The summed E-state index contributed by atoms with van der Waals surface area (Å²) in [7, 11) is 0. The smallest absolute Gasteiger partial charge is 0.108 e. The third-order valence-electron chi connectivity index (χ3n) is 1.85. The molecular formula is C9H12O2. The van der Waals surface area contributed by atoms with Gasteiger partial charge in [0.25, 0.3) is 0 Å². The SMILES string of the molecule is Cc1cccc(C)c1COO. The van der Waals surface area contributed by atoms with Gasteiger partial charge < -0.3 is 0 Å². The molecule has 1 aromatic carbocycles. The maximum Gasteiger partial charge on any atom is 0.108 e. The fourth-order valence-corrected chi connectivity index (χ4v) is 1.14. The lowest BCUT2D eigenvalue weighted by Gasteiger charge is -2.05. The summed E-state index contributed by atoms with van der Waals surface area (Å²) in [5.41, 5.74) is 3.37. The Kier molecular flexibility index (Phi) is 2.63. The molecule has 0 aliphatic rings. The van der Waals surface area contributed by atoms with Gasteiger partial charge in [0.1, 0.15) is 6.61 Å². The first kappa shape index (κ1) is 8.24. The molecule has 60 valence electrons. The molecule has 0 unspecified atom stereocenters. The van der Waals surface area contributed by atoms with Crippen molar-refractivity contribution >= 4 is 0 Å². The van der Waals surface area contributed by atoms with Crippen LogP contribution in [0.25, 0.3) is 0 Å². The molecule has 0 fully saturated rings. The highest BCUT2D eigenvalue weighted by atomic mass is 17.1. The number of aryl methyl sites for hydroxylation is 2. The van der Waals surface area contributed by atoms with Crippen LogP contribution in [0.1, 0.15) is 16.7 Å². The lowest BCUT2D eigenvalue weighted by atomic mass is 10.0. The van der Waals surface area contributed by atoms with Gasteiger partial charge in [0.05, 0.1) is 0 Å². The Morgan fingerprint density at radius 2 is 1.82 bits per heavy atom. The van der Waals surface area contributed by atoms with Gasteiger partial charge in [0.2, 0.25) is 0 Å². The van der Waals surface area contributed by atoms with E-state index < -0.39 is 0 Å². The average molecular weight is 152 g/mol. The summed E-state index contributed by atoms with van der Waals surface area (Å²) in [6.07, 6.45) is 0. The van der Waals surface area contributed by atoms with Crippen molar-refractivity contribution in [3.8, 4) is 0 Å². The van der Waals surface area contributed by atoms with Crippen LogP contribution in [-0.4, -0.2) is 5.26 Å². The molecule has 0 bridgehead atoms. The molecule has 2 heteroatoms. The fraction of sp³-hybridized carbons (Fsp3) is 0.333. The van der Waals surface area contributed by atoms with Gasteiger partial charge in [-0.2, -0.15) is 0 Å². The Labute approximate surface area is 66.4 Å². The molecule has 0 spiro atoms. The van der Waals surface area contributed by atoms with Crippen LogP contribution in [0, 0.1) is 13.8 Å². The van der Waals surface area contributed by atoms with Crippen molar-refractivity contribution in [2.24, 2.45) is 0 Å². The van der Waals surface area contributed by atoms with E-state index >= 15 is 0 Å². The summed E-state index contributed by atoms with van der Waals surface area (Å²) in [5, 5.41) is 8.27. The van der Waals surface area contributed by atoms with Gasteiger partial charge in [-0.3, -0.25) is 5.26 Å². The monoisotopic (exact) mass is 152 g/mol. The molecule has 0 aromatic heterocycles. The van der Waals surface area contributed by atoms with E-state index in [2.05, 4.69) is 4.89 Å². The van der Waals surface area contributed by atoms with Gasteiger partial charge in [0, 0.05) is 0 Å². The molecule has 2 nitrogen and oxygen atoms in total. The molecule has 0 radical (unpaired) electrons. The van der Waals surface area contributed by atoms with Crippen LogP contribution in [0.3, 0.4) is 0 Å². The quantitative estimate of drug-likeness (QED) is 0.520. The first-order valence-electron chi connectivity index (χ1n) is 3.57. The van der Waals surface area contributed by atoms with Crippen molar-refractivity contribution in [2.45, 2.75) is 20.5 Å². The van der Waals surface area contributed by atoms with Crippen LogP contribution < -0.4 is 0 Å². The van der Waals surface area contributed by atoms with Gasteiger partial charge in [-0.1, -0.05) is 18.2 Å². The molecular weight excluding hydrogens is 140 g/mol. The van der Waals surface area contributed by atoms with Crippen LogP contribution in [0.5, 0.6) is 0 Å². The van der Waals surface area contributed by atoms with Crippen molar-refractivity contribution in [3.63, 3.8) is 0 Å². The third-order valence-corrected chi connectivity index (χ3v) is 1.85. The van der Waals surface area contributed by atoms with Crippen molar-refractivity contribution in [2.75, 3.05) is 0 Å². The van der Waals surface area contributed by atoms with E-state index in [1.54, 1.807) is 0 Å². The molecule has 0 atom stereocenters. The average Bonchev–Trinajstić information content (AvgIpc) is 1.97. The Bertz CT molecular complexity index is 223. The highest BCUT2D eigenvalue weighted by molar-refractivity contribution is 5.32. The molecule has 0 aliphatic heterocycles. The number of hydrogen-bond acceptors (Lipinski definition) is 2. The minimum absolute atomic E-state index is 0.276. The van der Waals surface area contributed by atoms with E-state index in [0.29, 0.717) is 0 Å². The van der Waals surface area contributed by atoms with E-state index in [1.165, 1.54) is 0 Å². The predicted molar refractivity (Wildman–Crippen MR) is 43.3 cm³/mol. The minimum atomic E-state index is 0.276. The molecule has 1 aromatic rings. The van der Waals surface area contributed by atoms with Crippen LogP contribution in [-0.2, 0) is 11.5 Å². The van der Waals surface area contributed by atoms with E-state index in [1.807, 2.05) is 32.0 Å². The van der Waals surface area contributed by atoms with E-state index in [4.69, 9.17) is 5.26 Å². The minimum Gasteiger partial charge on any atom is -0.251 e. The second kappa shape index (κ2) is 3.51. The summed E-state index contributed by atoms with van der Waals surface area (Å²) < 4.78 is 0. The second-order valence-corrected chi connectivity index (χ2v) is 2.64. The summed E-state index contributed by atoms with van der Waals surface area (Å²) in [5.74, 6) is 0. The van der Waals surface area contributed by atoms with E-state index in [0.717, 1.165) is 16.7 Å². The molecule has 0 saturated heterocycles. The number of benzene rings is 1. The van der Waals surface area contributed by atoms with Crippen LogP contribution in [0.15, 0.2) is 18.2 Å². The zero-order valence-electron chi connectivity index (χ0n) is 6.79. The maximum atomic E-state index is 8.27. The number of rotatable bonds is 2. The molecule has 1 N–H and O–H groups in total. The van der Waals surface area contributed by atoms with Gasteiger partial charge in [-0.05, 0) is 30.5 Å². The van der Waals surface area contributed by atoms with Crippen molar-refractivity contribution in [1.29, 1.82) is 0 Å². The zero-order valence-corrected chi connectivity index (χ0v) is 6.79. The molecule has 0 saturated carbocycles. The van der Waals surface area contributed by atoms with Crippen molar-refractivity contribution in [1.82, 2.24) is 0 Å².